The number of halogens is 2. The number of aromatic nitrogens is 4. The van der Waals surface area contributed by atoms with Crippen molar-refractivity contribution >= 4 is 5.97 Å². The Hall–Kier alpha value is -2.38. The third-order valence-electron chi connectivity index (χ3n) is 4.42. The Morgan fingerprint density at radius 2 is 2.17 bits per heavy atom. The van der Waals surface area contributed by atoms with E-state index in [2.05, 4.69) is 15.4 Å². The van der Waals surface area contributed by atoms with Crippen LogP contribution in [0.1, 0.15) is 36.3 Å². The Kier molecular flexibility index (Phi) is 4.55. The zero-order valence-electron chi connectivity index (χ0n) is 13.2. The van der Waals surface area contributed by atoms with Crippen LogP contribution >= 0.6 is 0 Å². The third kappa shape index (κ3) is 3.58. The van der Waals surface area contributed by atoms with E-state index >= 15 is 0 Å². The van der Waals surface area contributed by atoms with Gasteiger partial charge in [0.25, 0.3) is 0 Å². The van der Waals surface area contributed by atoms with E-state index in [0.717, 1.165) is 5.56 Å². The van der Waals surface area contributed by atoms with Crippen LogP contribution in [0.4, 0.5) is 8.78 Å². The second kappa shape index (κ2) is 6.62. The van der Waals surface area contributed by atoms with Gasteiger partial charge in [-0.25, -0.2) is 8.78 Å². The molecule has 2 atom stereocenters. The summed E-state index contributed by atoms with van der Waals surface area (Å²) in [4.78, 5) is 13.6. The zero-order chi connectivity index (χ0) is 17.2. The van der Waals surface area contributed by atoms with Crippen LogP contribution in [0.5, 0.6) is 0 Å². The first-order valence-electron chi connectivity index (χ1n) is 7.74. The molecule has 128 valence electrons. The number of benzene rings is 1. The number of hydrogen-bond acceptors (Lipinski definition) is 5. The van der Waals surface area contributed by atoms with Gasteiger partial charge in [0.2, 0.25) is 5.92 Å². The number of carbonyl (C=O) groups excluding carboxylic acids is 1. The monoisotopic (exact) mass is 336 g/mol. The number of hydrogen-bond donors (Lipinski definition) is 0. The van der Waals surface area contributed by atoms with E-state index < -0.39 is 23.7 Å². The maximum atomic E-state index is 13.5. The molecule has 6 nitrogen and oxygen atoms in total. The van der Waals surface area contributed by atoms with Crippen LogP contribution < -0.4 is 0 Å². The van der Waals surface area contributed by atoms with Crippen molar-refractivity contribution in [1.82, 2.24) is 20.2 Å². The maximum Gasteiger partial charge on any atom is 0.313 e. The van der Waals surface area contributed by atoms with Gasteiger partial charge in [0.1, 0.15) is 0 Å². The standard InChI is InChI=1S/C16H18F2N4O2/c1-24-15(23)14(13-6-7-16(17,18)8-13)12-4-2-11(3-5-12)9-22-20-10-19-21-22/h2-5,10,13-14H,6-9H2,1H3. The SMILES string of the molecule is COC(=O)C(c1ccc(Cn2ncnn2)cc1)C1CCC(F)(F)C1. The molecule has 3 rings (SSSR count). The first-order valence-corrected chi connectivity index (χ1v) is 7.74. The Morgan fingerprint density at radius 1 is 1.42 bits per heavy atom. The van der Waals surface area contributed by atoms with Gasteiger partial charge in [-0.2, -0.15) is 4.80 Å². The van der Waals surface area contributed by atoms with E-state index in [-0.39, 0.29) is 12.8 Å². The van der Waals surface area contributed by atoms with Gasteiger partial charge >= 0.3 is 5.97 Å². The number of carbonyl (C=O) groups is 1. The van der Waals surface area contributed by atoms with E-state index in [1.165, 1.54) is 18.2 Å². The molecule has 1 aliphatic rings. The average molecular weight is 336 g/mol. The summed E-state index contributed by atoms with van der Waals surface area (Å²) in [7, 11) is 1.28. The minimum Gasteiger partial charge on any atom is -0.469 e. The Labute approximate surface area is 137 Å². The highest BCUT2D eigenvalue weighted by Gasteiger charge is 2.45. The number of rotatable bonds is 5. The maximum absolute atomic E-state index is 13.5. The van der Waals surface area contributed by atoms with E-state index in [9.17, 15) is 13.6 Å². The molecule has 24 heavy (non-hydrogen) atoms. The molecule has 2 unspecified atom stereocenters. The molecule has 0 amide bonds. The van der Waals surface area contributed by atoms with Crippen LogP contribution in [0, 0.1) is 5.92 Å². The van der Waals surface area contributed by atoms with Crippen molar-refractivity contribution in [2.45, 2.75) is 37.6 Å². The normalized spacial score (nSPS) is 20.7. The van der Waals surface area contributed by atoms with E-state index in [0.29, 0.717) is 18.5 Å². The van der Waals surface area contributed by atoms with E-state index in [1.54, 1.807) is 12.1 Å². The highest BCUT2D eigenvalue weighted by Crippen LogP contribution is 2.45. The molecule has 1 aromatic heterocycles. The lowest BCUT2D eigenvalue weighted by Gasteiger charge is -2.22. The number of alkyl halides is 2. The highest BCUT2D eigenvalue weighted by atomic mass is 19.3. The summed E-state index contributed by atoms with van der Waals surface area (Å²) >= 11 is 0. The summed E-state index contributed by atoms with van der Waals surface area (Å²) in [5, 5.41) is 11.3. The molecule has 1 aromatic carbocycles. The summed E-state index contributed by atoms with van der Waals surface area (Å²) in [6.07, 6.45) is 1.21. The molecule has 1 heterocycles. The quantitative estimate of drug-likeness (QED) is 0.784. The number of esters is 1. The summed E-state index contributed by atoms with van der Waals surface area (Å²) in [5.74, 6) is -4.24. The third-order valence-corrected chi connectivity index (χ3v) is 4.42. The van der Waals surface area contributed by atoms with Crippen LogP contribution in [0.15, 0.2) is 30.6 Å². The Morgan fingerprint density at radius 3 is 2.71 bits per heavy atom. The lowest BCUT2D eigenvalue weighted by Crippen LogP contribution is -2.23. The van der Waals surface area contributed by atoms with Crippen molar-refractivity contribution in [3.63, 3.8) is 0 Å². The molecule has 2 aromatic rings. The van der Waals surface area contributed by atoms with Gasteiger partial charge in [0.05, 0.1) is 19.6 Å². The number of nitrogens with zero attached hydrogens (tertiary/aromatic N) is 4. The van der Waals surface area contributed by atoms with Crippen LogP contribution in [0.3, 0.4) is 0 Å². The molecule has 0 bridgehead atoms. The molecular formula is C16H18F2N4O2. The second-order valence-electron chi connectivity index (χ2n) is 6.07. The average Bonchev–Trinajstić information content (AvgIpc) is 3.18. The summed E-state index contributed by atoms with van der Waals surface area (Å²) in [6, 6.07) is 7.23. The van der Waals surface area contributed by atoms with E-state index in [4.69, 9.17) is 4.74 Å². The molecule has 8 heteroatoms. The van der Waals surface area contributed by atoms with E-state index in [1.807, 2.05) is 12.1 Å². The van der Waals surface area contributed by atoms with Crippen molar-refractivity contribution in [3.8, 4) is 0 Å². The summed E-state index contributed by atoms with van der Waals surface area (Å²) < 4.78 is 31.9. The van der Waals surface area contributed by atoms with Gasteiger partial charge in [-0.05, 0) is 28.7 Å². The lowest BCUT2D eigenvalue weighted by molar-refractivity contribution is -0.144. The van der Waals surface area contributed by atoms with Gasteiger partial charge in [-0.15, -0.1) is 10.2 Å². The fourth-order valence-electron chi connectivity index (χ4n) is 3.25. The van der Waals surface area contributed by atoms with Crippen LogP contribution in [-0.2, 0) is 16.1 Å². The highest BCUT2D eigenvalue weighted by molar-refractivity contribution is 5.78. The van der Waals surface area contributed by atoms with Crippen LogP contribution in [-0.4, -0.2) is 39.2 Å². The van der Waals surface area contributed by atoms with Crippen molar-refractivity contribution < 1.29 is 18.3 Å². The molecule has 0 aliphatic heterocycles. The smallest absolute Gasteiger partial charge is 0.313 e. The molecule has 0 saturated heterocycles. The van der Waals surface area contributed by atoms with Gasteiger partial charge in [0.15, 0.2) is 6.33 Å². The predicted octanol–water partition coefficient (Wildman–Crippen LogP) is 2.41. The molecule has 1 saturated carbocycles. The van der Waals surface area contributed by atoms with Crippen molar-refractivity contribution in [2.75, 3.05) is 7.11 Å². The Balaban J connectivity index is 1.79. The largest absolute Gasteiger partial charge is 0.469 e. The summed E-state index contributed by atoms with van der Waals surface area (Å²) in [5.41, 5.74) is 1.62. The molecule has 0 radical (unpaired) electrons. The van der Waals surface area contributed by atoms with Crippen LogP contribution in [0.2, 0.25) is 0 Å². The topological polar surface area (TPSA) is 69.9 Å². The first-order chi connectivity index (χ1) is 11.5. The van der Waals surface area contributed by atoms with Gasteiger partial charge in [-0.1, -0.05) is 24.3 Å². The lowest BCUT2D eigenvalue weighted by atomic mass is 9.84. The van der Waals surface area contributed by atoms with Crippen LogP contribution in [0.25, 0.3) is 0 Å². The fraction of sp³-hybridized carbons (Fsp3) is 0.500. The molecule has 0 spiro atoms. The number of tetrazole rings is 1. The van der Waals surface area contributed by atoms with Gasteiger partial charge in [-0.3, -0.25) is 4.79 Å². The van der Waals surface area contributed by atoms with Gasteiger partial charge in [0, 0.05) is 12.8 Å². The Bertz CT molecular complexity index is 689. The van der Waals surface area contributed by atoms with Crippen molar-refractivity contribution in [3.05, 3.63) is 41.7 Å². The predicted molar refractivity (Wildman–Crippen MR) is 80.4 cm³/mol. The minimum atomic E-state index is -2.70. The fourth-order valence-corrected chi connectivity index (χ4v) is 3.25. The van der Waals surface area contributed by atoms with Crippen molar-refractivity contribution in [1.29, 1.82) is 0 Å². The molecular weight excluding hydrogens is 318 g/mol. The van der Waals surface area contributed by atoms with Gasteiger partial charge < -0.3 is 4.74 Å². The molecule has 0 N–H and O–H groups in total. The molecule has 1 fully saturated rings. The number of ether oxygens (including phenoxy) is 1. The zero-order valence-corrected chi connectivity index (χ0v) is 13.2. The number of methoxy groups -OCH3 is 1. The molecule has 1 aliphatic carbocycles. The summed E-state index contributed by atoms with van der Waals surface area (Å²) in [6.45, 7) is 0.449. The second-order valence-corrected chi connectivity index (χ2v) is 6.07. The van der Waals surface area contributed by atoms with Crippen molar-refractivity contribution in [2.24, 2.45) is 5.92 Å². The first kappa shape index (κ1) is 16.5. The minimum absolute atomic E-state index is 0.179.